The second kappa shape index (κ2) is 7.51. The van der Waals surface area contributed by atoms with Crippen molar-refractivity contribution in [1.82, 2.24) is 10.4 Å². The van der Waals surface area contributed by atoms with Crippen LogP contribution < -0.4 is 11.1 Å². The molecule has 1 amide bonds. The van der Waals surface area contributed by atoms with E-state index in [4.69, 9.17) is 5.73 Å². The van der Waals surface area contributed by atoms with Gasteiger partial charge in [0.2, 0.25) is 0 Å². The summed E-state index contributed by atoms with van der Waals surface area (Å²) in [7, 11) is 0. The molecule has 0 bridgehead atoms. The van der Waals surface area contributed by atoms with E-state index in [1.54, 1.807) is 0 Å². The molecule has 27 heavy (non-hydrogen) atoms. The normalized spacial score (nSPS) is 23.0. The fourth-order valence-electron chi connectivity index (χ4n) is 3.40. The van der Waals surface area contributed by atoms with Gasteiger partial charge in [-0.15, -0.1) is 0 Å². The van der Waals surface area contributed by atoms with Gasteiger partial charge < -0.3 is 10.2 Å². The van der Waals surface area contributed by atoms with Crippen molar-refractivity contribution in [3.05, 3.63) is 45.6 Å². The summed E-state index contributed by atoms with van der Waals surface area (Å²) in [5.41, 5.74) is 7.24. The topological polar surface area (TPSA) is 84.7 Å². The standard InChI is InChI=1S/C17H17BrF3N3O3/c18-11-5-1-3-9(8-11)7-10-4-2-6-12-13(10)24(16(22)23-14(12)25)27-15(26)17(19,20)21/h1,3,5,8,10,16H,2,4,6-7,22H2,(H,23,25). The molecular formula is C17H17BrF3N3O3. The van der Waals surface area contributed by atoms with Gasteiger partial charge in [0.25, 0.3) is 5.91 Å². The maximum Gasteiger partial charge on any atom is 0.493 e. The third-order valence-electron chi connectivity index (χ3n) is 4.50. The minimum Gasteiger partial charge on any atom is -0.329 e. The van der Waals surface area contributed by atoms with Crippen molar-refractivity contribution < 1.29 is 27.6 Å². The third kappa shape index (κ3) is 4.27. The first-order valence-corrected chi connectivity index (χ1v) is 9.08. The Morgan fingerprint density at radius 2 is 2.15 bits per heavy atom. The summed E-state index contributed by atoms with van der Waals surface area (Å²) in [6.07, 6.45) is -4.38. The van der Waals surface area contributed by atoms with Crippen LogP contribution in [-0.4, -0.2) is 29.4 Å². The number of amides is 1. The van der Waals surface area contributed by atoms with Crippen LogP contribution in [0.5, 0.6) is 0 Å². The number of hydrogen-bond acceptors (Lipinski definition) is 5. The highest BCUT2D eigenvalue weighted by Gasteiger charge is 2.46. The smallest absolute Gasteiger partial charge is 0.329 e. The third-order valence-corrected chi connectivity index (χ3v) is 5.00. The highest BCUT2D eigenvalue weighted by atomic mass is 79.9. The van der Waals surface area contributed by atoms with Gasteiger partial charge in [0.05, 0.1) is 5.70 Å². The van der Waals surface area contributed by atoms with Crippen LogP contribution in [-0.2, 0) is 20.8 Å². The van der Waals surface area contributed by atoms with Crippen LogP contribution in [0.3, 0.4) is 0 Å². The maximum atomic E-state index is 12.7. The predicted molar refractivity (Wildman–Crippen MR) is 92.3 cm³/mol. The largest absolute Gasteiger partial charge is 0.493 e. The van der Waals surface area contributed by atoms with E-state index in [9.17, 15) is 22.8 Å². The number of carbonyl (C=O) groups excluding carboxylic acids is 2. The number of benzene rings is 1. The van der Waals surface area contributed by atoms with E-state index >= 15 is 0 Å². The number of alkyl halides is 3. The summed E-state index contributed by atoms with van der Waals surface area (Å²) < 4.78 is 38.9. The van der Waals surface area contributed by atoms with Gasteiger partial charge in [-0.1, -0.05) is 28.1 Å². The monoisotopic (exact) mass is 447 g/mol. The first-order chi connectivity index (χ1) is 12.7. The number of rotatable bonds is 3. The zero-order valence-electron chi connectivity index (χ0n) is 14.1. The average Bonchev–Trinajstić information content (AvgIpc) is 2.57. The Bertz CT molecular complexity index is 797. The van der Waals surface area contributed by atoms with Crippen molar-refractivity contribution in [3.63, 3.8) is 0 Å². The second-order valence-electron chi connectivity index (χ2n) is 6.41. The summed E-state index contributed by atoms with van der Waals surface area (Å²) in [4.78, 5) is 28.2. The molecule has 1 aromatic carbocycles. The lowest BCUT2D eigenvalue weighted by Gasteiger charge is -2.41. The molecule has 0 saturated carbocycles. The molecule has 146 valence electrons. The Balaban J connectivity index is 1.94. The van der Waals surface area contributed by atoms with E-state index in [0.717, 1.165) is 10.0 Å². The van der Waals surface area contributed by atoms with E-state index in [-0.39, 0.29) is 11.6 Å². The van der Waals surface area contributed by atoms with Crippen molar-refractivity contribution in [2.45, 2.75) is 38.1 Å². The van der Waals surface area contributed by atoms with Crippen LogP contribution in [0.15, 0.2) is 40.0 Å². The molecule has 10 heteroatoms. The average molecular weight is 448 g/mol. The van der Waals surface area contributed by atoms with E-state index in [2.05, 4.69) is 26.1 Å². The van der Waals surface area contributed by atoms with Gasteiger partial charge in [-0.05, 0) is 43.4 Å². The van der Waals surface area contributed by atoms with Gasteiger partial charge in [-0.3, -0.25) is 10.5 Å². The first-order valence-electron chi connectivity index (χ1n) is 8.29. The molecule has 1 aromatic rings. The minimum absolute atomic E-state index is 0.245. The maximum absolute atomic E-state index is 12.7. The second-order valence-corrected chi connectivity index (χ2v) is 7.32. The van der Waals surface area contributed by atoms with Crippen LogP contribution >= 0.6 is 15.9 Å². The van der Waals surface area contributed by atoms with E-state index < -0.39 is 24.3 Å². The van der Waals surface area contributed by atoms with Gasteiger partial charge in [0.1, 0.15) is 0 Å². The molecule has 0 saturated heterocycles. The van der Waals surface area contributed by atoms with Crippen LogP contribution in [0.4, 0.5) is 13.2 Å². The Labute approximate surface area is 161 Å². The Kier molecular flexibility index (Phi) is 5.48. The number of hydrogen-bond donors (Lipinski definition) is 2. The van der Waals surface area contributed by atoms with Gasteiger partial charge in [-0.25, -0.2) is 4.79 Å². The van der Waals surface area contributed by atoms with Gasteiger partial charge in [0, 0.05) is 16.0 Å². The summed E-state index contributed by atoms with van der Waals surface area (Å²) >= 11 is 3.38. The molecule has 0 aromatic heterocycles. The van der Waals surface area contributed by atoms with Gasteiger partial charge in [-0.2, -0.15) is 18.2 Å². The van der Waals surface area contributed by atoms with Crippen LogP contribution in [0, 0.1) is 5.92 Å². The van der Waals surface area contributed by atoms with Crippen molar-refractivity contribution in [3.8, 4) is 0 Å². The molecule has 2 aliphatic rings. The molecule has 1 heterocycles. The van der Waals surface area contributed by atoms with Crippen LogP contribution in [0.1, 0.15) is 24.8 Å². The first kappa shape index (κ1) is 19.7. The highest BCUT2D eigenvalue weighted by molar-refractivity contribution is 9.10. The number of hydroxylamine groups is 2. The predicted octanol–water partition coefficient (Wildman–Crippen LogP) is 2.74. The van der Waals surface area contributed by atoms with Gasteiger partial charge in [0.15, 0.2) is 6.29 Å². The molecule has 2 unspecified atom stereocenters. The fraction of sp³-hybridized carbons (Fsp3) is 0.412. The molecular weight excluding hydrogens is 431 g/mol. The van der Waals surface area contributed by atoms with Crippen molar-refractivity contribution >= 4 is 27.8 Å². The molecule has 1 aliphatic carbocycles. The van der Waals surface area contributed by atoms with E-state index in [1.807, 2.05) is 24.3 Å². The SMILES string of the molecule is NC1NC(=O)C2=C(C(Cc3cccc(Br)c3)CCC2)N1OC(=O)C(F)(F)F. The zero-order valence-corrected chi connectivity index (χ0v) is 15.6. The fourth-order valence-corrected chi connectivity index (χ4v) is 3.85. The Morgan fingerprint density at radius 1 is 1.41 bits per heavy atom. The summed E-state index contributed by atoms with van der Waals surface area (Å²) in [6, 6.07) is 7.48. The Hall–Kier alpha value is -2.07. The van der Waals surface area contributed by atoms with E-state index in [1.165, 1.54) is 0 Å². The summed E-state index contributed by atoms with van der Waals surface area (Å²) in [5.74, 6) is -3.13. The van der Waals surface area contributed by atoms with Crippen LogP contribution in [0.25, 0.3) is 0 Å². The molecule has 0 fully saturated rings. The lowest BCUT2D eigenvalue weighted by Crippen LogP contribution is -2.60. The zero-order chi connectivity index (χ0) is 19.8. The Morgan fingerprint density at radius 3 is 2.81 bits per heavy atom. The molecule has 0 radical (unpaired) electrons. The minimum atomic E-state index is -5.17. The number of halogens is 4. The number of allylic oxidation sites excluding steroid dienone is 1. The molecule has 3 rings (SSSR count). The summed E-state index contributed by atoms with van der Waals surface area (Å²) in [5, 5.41) is 3.04. The number of nitrogens with zero attached hydrogens (tertiary/aromatic N) is 1. The number of carbonyl (C=O) groups is 2. The van der Waals surface area contributed by atoms with Crippen molar-refractivity contribution in [1.29, 1.82) is 0 Å². The highest BCUT2D eigenvalue weighted by Crippen LogP contribution is 2.38. The lowest BCUT2D eigenvalue weighted by atomic mass is 9.82. The lowest BCUT2D eigenvalue weighted by molar-refractivity contribution is -0.243. The quantitative estimate of drug-likeness (QED) is 0.743. The molecule has 6 nitrogen and oxygen atoms in total. The van der Waals surface area contributed by atoms with Crippen molar-refractivity contribution in [2.75, 3.05) is 0 Å². The number of nitrogens with two attached hydrogens (primary N) is 1. The van der Waals surface area contributed by atoms with Gasteiger partial charge >= 0.3 is 12.1 Å². The van der Waals surface area contributed by atoms with E-state index in [0.29, 0.717) is 36.3 Å². The molecule has 3 N–H and O–H groups in total. The number of nitrogens with one attached hydrogen (secondary N) is 1. The molecule has 0 spiro atoms. The molecule has 1 aliphatic heterocycles. The van der Waals surface area contributed by atoms with Crippen LogP contribution in [0.2, 0.25) is 0 Å². The summed E-state index contributed by atoms with van der Waals surface area (Å²) in [6.45, 7) is 0. The molecule has 2 atom stereocenters. The van der Waals surface area contributed by atoms with Crippen molar-refractivity contribution in [2.24, 2.45) is 11.7 Å².